The number of nitrogens with two attached hydrogens (primary N) is 1. The zero-order valence-corrected chi connectivity index (χ0v) is 13.1. The highest BCUT2D eigenvalue weighted by Gasteiger charge is 2.37. The molecule has 0 amide bonds. The summed E-state index contributed by atoms with van der Waals surface area (Å²) in [6.07, 6.45) is 0. The second-order valence-corrected chi connectivity index (χ2v) is 4.93. The molecule has 0 fully saturated rings. The molecule has 0 unspecified atom stereocenters. The summed E-state index contributed by atoms with van der Waals surface area (Å²) in [5, 5.41) is 9.39. The van der Waals surface area contributed by atoms with Gasteiger partial charge in [-0.2, -0.15) is 5.26 Å². The molecule has 1 aliphatic heterocycles. The minimum Gasteiger partial charge on any atom is -0.463 e. The molecule has 2 N–H and O–H groups in total. The van der Waals surface area contributed by atoms with E-state index in [2.05, 4.69) is 0 Å². The van der Waals surface area contributed by atoms with Crippen molar-refractivity contribution in [3.63, 3.8) is 0 Å². The smallest absolute Gasteiger partial charge is 0.338 e. The number of benzene rings is 1. The Labute approximate surface area is 137 Å². The number of hydrogen-bond donors (Lipinski definition) is 1. The molecular weight excluding hydrogens is 323 g/mol. The van der Waals surface area contributed by atoms with E-state index in [9.17, 15) is 14.4 Å². The molecule has 23 heavy (non-hydrogen) atoms. The number of rotatable bonds is 4. The zero-order chi connectivity index (χ0) is 17.0. The molecule has 1 heterocycles. The Hall–Kier alpha value is -2.52. The number of carbonyl (C=O) groups is 1. The fraction of sp³-hybridized carbons (Fsp3) is 0.250. The first-order chi connectivity index (χ1) is 11.0. The third kappa shape index (κ3) is 3.30. The number of nitriles is 1. The summed E-state index contributed by atoms with van der Waals surface area (Å²) >= 11 is 5.84. The van der Waals surface area contributed by atoms with Crippen molar-refractivity contribution >= 4 is 17.6 Å². The maximum Gasteiger partial charge on any atom is 0.338 e. The Kier molecular flexibility index (Phi) is 5.24. The van der Waals surface area contributed by atoms with Crippen LogP contribution in [0.3, 0.4) is 0 Å². The van der Waals surface area contributed by atoms with Gasteiger partial charge in [0.1, 0.15) is 23.2 Å². The first kappa shape index (κ1) is 16.8. The predicted octanol–water partition coefficient (Wildman–Crippen LogP) is 2.69. The third-order valence-electron chi connectivity index (χ3n) is 3.32. The first-order valence-electron chi connectivity index (χ1n) is 6.82. The summed E-state index contributed by atoms with van der Waals surface area (Å²) in [4.78, 5) is 12.3. The van der Waals surface area contributed by atoms with Gasteiger partial charge in [-0.3, -0.25) is 0 Å². The van der Waals surface area contributed by atoms with Crippen LogP contribution in [-0.2, 0) is 14.3 Å². The summed E-state index contributed by atoms with van der Waals surface area (Å²) in [6.45, 7) is 1.81. The van der Waals surface area contributed by atoms with Crippen LogP contribution in [0.15, 0.2) is 47.1 Å². The molecule has 0 aromatic heterocycles. The van der Waals surface area contributed by atoms with E-state index in [1.165, 1.54) is 24.3 Å². The Morgan fingerprint density at radius 3 is 2.65 bits per heavy atom. The number of allylic oxidation sites excluding steroid dienone is 2. The molecule has 1 aromatic rings. The number of hydrogen-bond acceptors (Lipinski definition) is 5. The van der Waals surface area contributed by atoms with E-state index in [0.717, 1.165) is 0 Å². The average Bonchev–Trinajstić information content (AvgIpc) is 2.54. The number of carbonyl (C=O) groups excluding carboxylic acids is 1. The minimum absolute atomic E-state index is 0.0496. The Morgan fingerprint density at radius 2 is 2.13 bits per heavy atom. The van der Waals surface area contributed by atoms with Gasteiger partial charge in [-0.25, -0.2) is 9.18 Å². The van der Waals surface area contributed by atoms with Crippen LogP contribution < -0.4 is 5.73 Å². The standard InChI is InChI=1S/C16H14ClFN2O3/c1-2-22-16(21)14-12(7-17)23-15(20)11(8-19)13(14)9-3-5-10(18)6-4-9/h3-6,13H,2,7,20H2,1H3/t13-/m0/s1. The van der Waals surface area contributed by atoms with E-state index in [4.69, 9.17) is 26.8 Å². The number of halogens is 2. The van der Waals surface area contributed by atoms with Gasteiger partial charge in [-0.15, -0.1) is 11.6 Å². The monoisotopic (exact) mass is 336 g/mol. The highest BCUT2D eigenvalue weighted by Crippen LogP contribution is 2.39. The highest BCUT2D eigenvalue weighted by molar-refractivity contribution is 6.19. The quantitative estimate of drug-likeness (QED) is 0.675. The van der Waals surface area contributed by atoms with Crippen molar-refractivity contribution < 1.29 is 18.7 Å². The van der Waals surface area contributed by atoms with E-state index in [0.29, 0.717) is 5.56 Å². The largest absolute Gasteiger partial charge is 0.463 e. The molecule has 0 radical (unpaired) electrons. The van der Waals surface area contributed by atoms with Crippen LogP contribution in [0.1, 0.15) is 18.4 Å². The van der Waals surface area contributed by atoms with Gasteiger partial charge in [0, 0.05) is 0 Å². The topological polar surface area (TPSA) is 85.3 Å². The summed E-state index contributed by atoms with van der Waals surface area (Å²) in [5.41, 5.74) is 6.43. The SMILES string of the molecule is CCOC(=O)C1=C(CCl)OC(N)=C(C#N)[C@@H]1c1ccc(F)cc1. The number of alkyl halides is 1. The van der Waals surface area contributed by atoms with E-state index in [1.54, 1.807) is 6.92 Å². The Balaban J connectivity index is 2.63. The molecule has 2 rings (SSSR count). The normalized spacial score (nSPS) is 17.6. The van der Waals surface area contributed by atoms with Crippen molar-refractivity contribution in [1.29, 1.82) is 5.26 Å². The van der Waals surface area contributed by atoms with Crippen LogP contribution in [0.25, 0.3) is 0 Å². The predicted molar refractivity (Wildman–Crippen MR) is 81.4 cm³/mol. The van der Waals surface area contributed by atoms with Gasteiger partial charge in [0.25, 0.3) is 0 Å². The van der Waals surface area contributed by atoms with E-state index >= 15 is 0 Å². The van der Waals surface area contributed by atoms with Gasteiger partial charge >= 0.3 is 5.97 Å². The maximum absolute atomic E-state index is 13.2. The summed E-state index contributed by atoms with van der Waals surface area (Å²) in [5.74, 6) is -2.04. The Morgan fingerprint density at radius 1 is 1.48 bits per heavy atom. The summed E-state index contributed by atoms with van der Waals surface area (Å²) in [7, 11) is 0. The molecule has 120 valence electrons. The summed E-state index contributed by atoms with van der Waals surface area (Å²) < 4.78 is 23.5. The molecule has 0 saturated heterocycles. The van der Waals surface area contributed by atoms with Gasteiger partial charge in [0.15, 0.2) is 0 Å². The van der Waals surface area contributed by atoms with Gasteiger partial charge in [-0.05, 0) is 24.6 Å². The van der Waals surface area contributed by atoms with Crippen LogP contribution in [0, 0.1) is 17.1 Å². The molecule has 0 saturated carbocycles. The summed E-state index contributed by atoms with van der Waals surface area (Å²) in [6, 6.07) is 7.36. The molecule has 1 aliphatic rings. The van der Waals surface area contributed by atoms with E-state index < -0.39 is 17.7 Å². The highest BCUT2D eigenvalue weighted by atomic mass is 35.5. The van der Waals surface area contributed by atoms with E-state index in [1.807, 2.05) is 6.07 Å². The molecule has 0 bridgehead atoms. The number of nitrogens with zero attached hydrogens (tertiary/aromatic N) is 1. The lowest BCUT2D eigenvalue weighted by Crippen LogP contribution is -2.26. The van der Waals surface area contributed by atoms with Crippen molar-refractivity contribution in [2.24, 2.45) is 5.73 Å². The third-order valence-corrected chi connectivity index (χ3v) is 3.56. The molecular formula is C16H14ClFN2O3. The first-order valence-corrected chi connectivity index (χ1v) is 7.36. The fourth-order valence-corrected chi connectivity index (χ4v) is 2.54. The van der Waals surface area contributed by atoms with Crippen molar-refractivity contribution in [1.82, 2.24) is 0 Å². The lowest BCUT2D eigenvalue weighted by atomic mass is 9.83. The second kappa shape index (κ2) is 7.16. The lowest BCUT2D eigenvalue weighted by Gasteiger charge is -2.27. The lowest BCUT2D eigenvalue weighted by molar-refractivity contribution is -0.139. The van der Waals surface area contributed by atoms with Crippen LogP contribution in [-0.4, -0.2) is 18.5 Å². The Bertz CT molecular complexity index is 720. The van der Waals surface area contributed by atoms with Crippen molar-refractivity contribution in [3.05, 3.63) is 58.4 Å². The molecule has 0 aliphatic carbocycles. The van der Waals surface area contributed by atoms with Gasteiger partial charge < -0.3 is 15.2 Å². The number of ether oxygens (including phenoxy) is 2. The van der Waals surface area contributed by atoms with Gasteiger partial charge in [-0.1, -0.05) is 12.1 Å². The minimum atomic E-state index is -0.817. The fourth-order valence-electron chi connectivity index (χ4n) is 2.34. The molecule has 1 atom stereocenters. The molecule has 1 aromatic carbocycles. The van der Waals surface area contributed by atoms with Crippen LogP contribution in [0.4, 0.5) is 4.39 Å². The van der Waals surface area contributed by atoms with E-state index in [-0.39, 0.29) is 35.3 Å². The van der Waals surface area contributed by atoms with Gasteiger partial charge in [0.2, 0.25) is 5.88 Å². The average molecular weight is 337 g/mol. The van der Waals surface area contributed by atoms with Crippen LogP contribution in [0.2, 0.25) is 0 Å². The molecule has 5 nitrogen and oxygen atoms in total. The van der Waals surface area contributed by atoms with Crippen molar-refractivity contribution in [3.8, 4) is 6.07 Å². The van der Waals surface area contributed by atoms with Crippen molar-refractivity contribution in [2.45, 2.75) is 12.8 Å². The van der Waals surface area contributed by atoms with Crippen molar-refractivity contribution in [2.75, 3.05) is 12.5 Å². The zero-order valence-electron chi connectivity index (χ0n) is 12.3. The van der Waals surface area contributed by atoms with Crippen LogP contribution in [0.5, 0.6) is 0 Å². The maximum atomic E-state index is 13.2. The van der Waals surface area contributed by atoms with Gasteiger partial charge in [0.05, 0.1) is 24.0 Å². The second-order valence-electron chi connectivity index (χ2n) is 4.67. The number of esters is 1. The van der Waals surface area contributed by atoms with Crippen LogP contribution >= 0.6 is 11.6 Å². The molecule has 0 spiro atoms. The molecule has 7 heteroatoms.